The normalized spacial score (nSPS) is 10.7. The number of nitrogens with zero attached hydrogens (tertiary/aromatic N) is 2. The van der Waals surface area contributed by atoms with Gasteiger partial charge in [-0.1, -0.05) is 18.2 Å². The molecule has 0 radical (unpaired) electrons. The molecular formula is C24H26FN3O2. The van der Waals surface area contributed by atoms with Crippen LogP contribution in [0.2, 0.25) is 0 Å². The number of hydrogen-bond acceptors (Lipinski definition) is 2. The van der Waals surface area contributed by atoms with E-state index in [1.165, 1.54) is 17.0 Å². The van der Waals surface area contributed by atoms with Crippen LogP contribution in [0.15, 0.2) is 48.5 Å². The standard InChI is InChI=1S/C24H26FN3O2/c1-15-7-6-8-16(2)23(15)26-22(29)14-27(5)24(30)21-13-17(3)28(18(21)4)20-11-9-19(25)10-12-20/h6-13H,14H2,1-5H3,(H,26,29). The van der Waals surface area contributed by atoms with Gasteiger partial charge in [-0.25, -0.2) is 4.39 Å². The van der Waals surface area contributed by atoms with Crippen LogP contribution < -0.4 is 5.32 Å². The molecule has 2 aromatic carbocycles. The fourth-order valence-corrected chi connectivity index (χ4v) is 3.65. The van der Waals surface area contributed by atoms with E-state index >= 15 is 0 Å². The highest BCUT2D eigenvalue weighted by Crippen LogP contribution is 2.23. The Kier molecular flexibility index (Phi) is 6.06. The van der Waals surface area contributed by atoms with Crippen LogP contribution in [0.3, 0.4) is 0 Å². The first kappa shape index (κ1) is 21.3. The molecule has 0 unspecified atom stereocenters. The molecule has 1 heterocycles. The van der Waals surface area contributed by atoms with Crippen molar-refractivity contribution in [3.05, 3.63) is 82.4 Å². The summed E-state index contributed by atoms with van der Waals surface area (Å²) in [6, 6.07) is 13.7. The summed E-state index contributed by atoms with van der Waals surface area (Å²) >= 11 is 0. The van der Waals surface area contributed by atoms with E-state index in [0.717, 1.165) is 33.9 Å². The van der Waals surface area contributed by atoms with E-state index in [0.29, 0.717) is 5.56 Å². The zero-order valence-corrected chi connectivity index (χ0v) is 17.9. The Balaban J connectivity index is 1.77. The van der Waals surface area contributed by atoms with Crippen LogP contribution in [0.1, 0.15) is 32.9 Å². The molecule has 1 aromatic heterocycles. The first-order chi connectivity index (χ1) is 14.2. The number of rotatable bonds is 5. The minimum atomic E-state index is -0.313. The summed E-state index contributed by atoms with van der Waals surface area (Å²) in [5.74, 6) is -0.809. The highest BCUT2D eigenvalue weighted by molar-refractivity contribution is 6.00. The van der Waals surface area contributed by atoms with Crippen LogP contribution in [0.25, 0.3) is 5.69 Å². The van der Waals surface area contributed by atoms with Gasteiger partial charge in [-0.05, 0) is 69.2 Å². The lowest BCUT2D eigenvalue weighted by molar-refractivity contribution is -0.116. The predicted octanol–water partition coefficient (Wildman–Crippen LogP) is 4.56. The second-order valence-corrected chi connectivity index (χ2v) is 7.57. The molecule has 0 aliphatic rings. The molecular weight excluding hydrogens is 381 g/mol. The van der Waals surface area contributed by atoms with Crippen molar-refractivity contribution in [2.24, 2.45) is 0 Å². The van der Waals surface area contributed by atoms with Gasteiger partial charge in [0.2, 0.25) is 5.91 Å². The van der Waals surface area contributed by atoms with Gasteiger partial charge < -0.3 is 14.8 Å². The van der Waals surface area contributed by atoms with Gasteiger partial charge in [0.25, 0.3) is 5.91 Å². The maximum Gasteiger partial charge on any atom is 0.255 e. The molecule has 0 saturated heterocycles. The number of aromatic nitrogens is 1. The molecule has 156 valence electrons. The van der Waals surface area contributed by atoms with Gasteiger partial charge in [-0.2, -0.15) is 0 Å². The van der Waals surface area contributed by atoms with E-state index < -0.39 is 0 Å². The fourth-order valence-electron chi connectivity index (χ4n) is 3.65. The van der Waals surface area contributed by atoms with Crippen LogP contribution in [0.4, 0.5) is 10.1 Å². The predicted molar refractivity (Wildman–Crippen MR) is 117 cm³/mol. The zero-order chi connectivity index (χ0) is 22.0. The van der Waals surface area contributed by atoms with Crippen molar-refractivity contribution in [1.82, 2.24) is 9.47 Å². The van der Waals surface area contributed by atoms with E-state index in [4.69, 9.17) is 0 Å². The van der Waals surface area contributed by atoms with E-state index in [1.54, 1.807) is 25.2 Å². The van der Waals surface area contributed by atoms with Crippen LogP contribution >= 0.6 is 0 Å². The largest absolute Gasteiger partial charge is 0.332 e. The summed E-state index contributed by atoms with van der Waals surface area (Å²) < 4.78 is 15.2. The Labute approximate surface area is 176 Å². The van der Waals surface area contributed by atoms with Crippen molar-refractivity contribution < 1.29 is 14.0 Å². The number of carbonyl (C=O) groups excluding carboxylic acids is 2. The van der Waals surface area contributed by atoms with Crippen LogP contribution in [0, 0.1) is 33.5 Å². The fraction of sp³-hybridized carbons (Fsp3) is 0.250. The maximum absolute atomic E-state index is 13.3. The Morgan fingerprint density at radius 3 is 2.20 bits per heavy atom. The quantitative estimate of drug-likeness (QED) is 0.674. The molecule has 6 heteroatoms. The second-order valence-electron chi connectivity index (χ2n) is 7.57. The highest BCUT2D eigenvalue weighted by Gasteiger charge is 2.21. The Morgan fingerprint density at radius 1 is 1.00 bits per heavy atom. The van der Waals surface area contributed by atoms with Crippen molar-refractivity contribution in [3.8, 4) is 5.69 Å². The number of para-hydroxylation sites is 1. The van der Waals surface area contributed by atoms with E-state index in [1.807, 2.05) is 50.5 Å². The number of hydrogen-bond donors (Lipinski definition) is 1. The number of amides is 2. The van der Waals surface area contributed by atoms with Crippen molar-refractivity contribution in [2.75, 3.05) is 18.9 Å². The lowest BCUT2D eigenvalue weighted by Gasteiger charge is -2.18. The third kappa shape index (κ3) is 4.27. The molecule has 2 amide bonds. The van der Waals surface area contributed by atoms with Gasteiger partial charge >= 0.3 is 0 Å². The minimum Gasteiger partial charge on any atom is -0.332 e. The van der Waals surface area contributed by atoms with Gasteiger partial charge in [0.1, 0.15) is 5.82 Å². The molecule has 3 rings (SSSR count). The number of nitrogens with one attached hydrogen (secondary N) is 1. The molecule has 5 nitrogen and oxygen atoms in total. The van der Waals surface area contributed by atoms with Crippen molar-refractivity contribution in [2.45, 2.75) is 27.7 Å². The van der Waals surface area contributed by atoms with Gasteiger partial charge in [-0.3, -0.25) is 9.59 Å². The van der Waals surface area contributed by atoms with Gasteiger partial charge in [0.15, 0.2) is 0 Å². The number of anilines is 1. The van der Waals surface area contributed by atoms with Crippen LogP contribution in [-0.2, 0) is 4.79 Å². The van der Waals surface area contributed by atoms with Crippen molar-refractivity contribution >= 4 is 17.5 Å². The summed E-state index contributed by atoms with van der Waals surface area (Å²) in [7, 11) is 1.61. The lowest BCUT2D eigenvalue weighted by Crippen LogP contribution is -2.35. The summed E-state index contributed by atoms with van der Waals surface area (Å²) in [6.07, 6.45) is 0. The SMILES string of the molecule is Cc1cccc(C)c1NC(=O)CN(C)C(=O)c1cc(C)n(-c2ccc(F)cc2)c1C. The molecule has 1 N–H and O–H groups in total. The topological polar surface area (TPSA) is 54.3 Å². The number of benzene rings is 2. The monoisotopic (exact) mass is 407 g/mol. The average molecular weight is 407 g/mol. The maximum atomic E-state index is 13.3. The van der Waals surface area contributed by atoms with E-state index in [2.05, 4.69) is 5.32 Å². The summed E-state index contributed by atoms with van der Waals surface area (Å²) in [5.41, 5.74) is 5.61. The first-order valence-corrected chi connectivity index (χ1v) is 9.75. The van der Waals surface area contributed by atoms with Gasteiger partial charge in [-0.15, -0.1) is 0 Å². The van der Waals surface area contributed by atoms with E-state index in [9.17, 15) is 14.0 Å². The highest BCUT2D eigenvalue weighted by atomic mass is 19.1. The number of likely N-dealkylation sites (N-methyl/N-ethyl adjacent to an activating group) is 1. The van der Waals surface area contributed by atoms with Crippen molar-refractivity contribution in [3.63, 3.8) is 0 Å². The minimum absolute atomic E-state index is 0.0627. The van der Waals surface area contributed by atoms with Gasteiger partial charge in [0, 0.05) is 29.8 Å². The number of aryl methyl sites for hydroxylation is 3. The molecule has 30 heavy (non-hydrogen) atoms. The molecule has 0 spiro atoms. The summed E-state index contributed by atoms with van der Waals surface area (Å²) in [6.45, 7) is 7.53. The molecule has 0 saturated carbocycles. The molecule has 0 atom stereocenters. The number of halogens is 1. The third-order valence-electron chi connectivity index (χ3n) is 5.22. The van der Waals surface area contributed by atoms with Gasteiger partial charge in [0.05, 0.1) is 12.1 Å². The Hall–Kier alpha value is -3.41. The van der Waals surface area contributed by atoms with E-state index in [-0.39, 0.29) is 24.2 Å². The van der Waals surface area contributed by atoms with Crippen LogP contribution in [-0.4, -0.2) is 34.9 Å². The Bertz CT molecular complexity index is 1080. The lowest BCUT2D eigenvalue weighted by atomic mass is 10.1. The summed E-state index contributed by atoms with van der Waals surface area (Å²) in [5, 5.41) is 2.90. The second kappa shape index (κ2) is 8.53. The zero-order valence-electron chi connectivity index (χ0n) is 17.9. The Morgan fingerprint density at radius 2 is 1.60 bits per heavy atom. The van der Waals surface area contributed by atoms with Crippen LogP contribution in [0.5, 0.6) is 0 Å². The number of carbonyl (C=O) groups is 2. The summed E-state index contributed by atoms with van der Waals surface area (Å²) in [4.78, 5) is 26.9. The molecule has 0 aliphatic carbocycles. The molecule has 3 aromatic rings. The molecule has 0 fully saturated rings. The van der Waals surface area contributed by atoms with Crippen molar-refractivity contribution in [1.29, 1.82) is 0 Å². The third-order valence-corrected chi connectivity index (χ3v) is 5.22. The average Bonchev–Trinajstić information content (AvgIpc) is 2.99. The first-order valence-electron chi connectivity index (χ1n) is 9.75. The molecule has 0 bridgehead atoms. The smallest absolute Gasteiger partial charge is 0.255 e. The molecule has 0 aliphatic heterocycles.